The molecule has 0 bridgehead atoms. The third-order valence-corrected chi connectivity index (χ3v) is 3.79. The zero-order valence-corrected chi connectivity index (χ0v) is 15.6. The lowest BCUT2D eigenvalue weighted by molar-refractivity contribution is -0.120. The molecular formula is C18H30N4O3. The van der Waals surface area contributed by atoms with Gasteiger partial charge in [-0.15, -0.1) is 0 Å². The van der Waals surface area contributed by atoms with Crippen LogP contribution in [0.5, 0.6) is 5.75 Å². The quantitative estimate of drug-likeness (QED) is 0.597. The van der Waals surface area contributed by atoms with Crippen molar-refractivity contribution in [3.63, 3.8) is 0 Å². The predicted molar refractivity (Wildman–Crippen MR) is 98.7 cm³/mol. The van der Waals surface area contributed by atoms with Gasteiger partial charge in [0, 0.05) is 26.1 Å². The normalized spacial score (nSPS) is 11.7. The lowest BCUT2D eigenvalue weighted by Gasteiger charge is -2.25. The van der Waals surface area contributed by atoms with Crippen molar-refractivity contribution in [3.8, 4) is 5.75 Å². The average Bonchev–Trinajstić information content (AvgIpc) is 2.60. The summed E-state index contributed by atoms with van der Waals surface area (Å²) in [7, 11) is 5.56. The highest BCUT2D eigenvalue weighted by Crippen LogP contribution is 2.20. The summed E-state index contributed by atoms with van der Waals surface area (Å²) in [6.45, 7) is 3.44. The Morgan fingerprint density at radius 2 is 1.76 bits per heavy atom. The smallest absolute Gasteiger partial charge is 0.314 e. The van der Waals surface area contributed by atoms with Crippen molar-refractivity contribution in [2.75, 3.05) is 40.8 Å². The summed E-state index contributed by atoms with van der Waals surface area (Å²) in [4.78, 5) is 25.4. The zero-order chi connectivity index (χ0) is 18.7. The van der Waals surface area contributed by atoms with Crippen molar-refractivity contribution >= 4 is 11.9 Å². The molecule has 1 rings (SSSR count). The van der Waals surface area contributed by atoms with Gasteiger partial charge in [0.2, 0.25) is 5.91 Å². The van der Waals surface area contributed by atoms with Crippen molar-refractivity contribution in [1.29, 1.82) is 0 Å². The molecule has 0 heterocycles. The summed E-state index contributed by atoms with van der Waals surface area (Å²) in [5.41, 5.74) is 1.09. The summed E-state index contributed by atoms with van der Waals surface area (Å²) in [5, 5.41) is 8.33. The van der Waals surface area contributed by atoms with E-state index in [0.29, 0.717) is 19.6 Å². The van der Waals surface area contributed by atoms with E-state index in [2.05, 4.69) is 16.0 Å². The molecular weight excluding hydrogens is 320 g/mol. The SMILES string of the molecule is CCCNC(=O)CCNC(=O)NCC(c1ccc(OC)cc1)N(C)C. The van der Waals surface area contributed by atoms with Crippen molar-refractivity contribution < 1.29 is 14.3 Å². The number of amides is 3. The zero-order valence-electron chi connectivity index (χ0n) is 15.6. The van der Waals surface area contributed by atoms with E-state index in [0.717, 1.165) is 17.7 Å². The molecule has 3 amide bonds. The molecule has 7 heteroatoms. The number of carbonyl (C=O) groups excluding carboxylic acids is 2. The Morgan fingerprint density at radius 3 is 2.32 bits per heavy atom. The Balaban J connectivity index is 2.41. The minimum atomic E-state index is -0.274. The van der Waals surface area contributed by atoms with Gasteiger partial charge in [-0.3, -0.25) is 4.79 Å². The molecule has 0 aliphatic carbocycles. The first kappa shape index (κ1) is 20.8. The number of nitrogens with one attached hydrogen (secondary N) is 3. The minimum absolute atomic E-state index is 0.0458. The monoisotopic (exact) mass is 350 g/mol. The fraction of sp³-hybridized carbons (Fsp3) is 0.556. The van der Waals surface area contributed by atoms with Gasteiger partial charge in [-0.1, -0.05) is 19.1 Å². The molecule has 0 aliphatic heterocycles. The number of hydrogen-bond donors (Lipinski definition) is 3. The van der Waals surface area contributed by atoms with Crippen LogP contribution < -0.4 is 20.7 Å². The molecule has 0 aliphatic rings. The molecule has 7 nitrogen and oxygen atoms in total. The number of urea groups is 1. The van der Waals surface area contributed by atoms with Gasteiger partial charge in [-0.25, -0.2) is 4.79 Å². The first-order valence-electron chi connectivity index (χ1n) is 8.56. The predicted octanol–water partition coefficient (Wildman–Crippen LogP) is 1.51. The first-order chi connectivity index (χ1) is 12.0. The van der Waals surface area contributed by atoms with Gasteiger partial charge in [0.25, 0.3) is 0 Å². The summed E-state index contributed by atoms with van der Waals surface area (Å²) < 4.78 is 5.17. The molecule has 0 aromatic heterocycles. The van der Waals surface area contributed by atoms with Crippen LogP contribution in [0.15, 0.2) is 24.3 Å². The van der Waals surface area contributed by atoms with Crippen LogP contribution in [-0.2, 0) is 4.79 Å². The number of methoxy groups -OCH3 is 1. The number of likely N-dealkylation sites (N-methyl/N-ethyl adjacent to an activating group) is 1. The number of rotatable bonds is 10. The van der Waals surface area contributed by atoms with Crippen LogP contribution >= 0.6 is 0 Å². The summed E-state index contributed by atoms with van der Waals surface area (Å²) in [6, 6.07) is 7.55. The van der Waals surface area contributed by atoms with Crippen molar-refractivity contribution in [2.24, 2.45) is 0 Å². The Morgan fingerprint density at radius 1 is 1.08 bits per heavy atom. The van der Waals surface area contributed by atoms with E-state index in [4.69, 9.17) is 4.74 Å². The van der Waals surface area contributed by atoms with Crippen LogP contribution in [0, 0.1) is 0 Å². The van der Waals surface area contributed by atoms with Crippen LogP contribution in [0.1, 0.15) is 31.4 Å². The Hall–Kier alpha value is -2.28. The standard InChI is InChI=1S/C18H30N4O3/c1-5-11-19-17(23)10-12-20-18(24)21-13-16(22(2)3)14-6-8-15(25-4)9-7-14/h6-9,16H,5,10-13H2,1-4H3,(H,19,23)(H2,20,21,24). The highest BCUT2D eigenvalue weighted by atomic mass is 16.5. The third kappa shape index (κ3) is 7.89. The van der Waals surface area contributed by atoms with Gasteiger partial charge in [0.1, 0.15) is 5.75 Å². The molecule has 0 fully saturated rings. The molecule has 1 unspecified atom stereocenters. The Kier molecular flexibility index (Phi) is 9.39. The maximum absolute atomic E-state index is 11.9. The van der Waals surface area contributed by atoms with Gasteiger partial charge in [-0.2, -0.15) is 0 Å². The topological polar surface area (TPSA) is 82.7 Å². The second kappa shape index (κ2) is 11.3. The number of nitrogens with zero attached hydrogens (tertiary/aromatic N) is 1. The molecule has 1 aromatic carbocycles. The van der Waals surface area contributed by atoms with Crippen molar-refractivity contribution in [3.05, 3.63) is 29.8 Å². The molecule has 3 N–H and O–H groups in total. The molecule has 0 saturated heterocycles. The van der Waals surface area contributed by atoms with Gasteiger partial charge >= 0.3 is 6.03 Å². The maximum atomic E-state index is 11.9. The van der Waals surface area contributed by atoms with Crippen LogP contribution in [0.4, 0.5) is 4.79 Å². The fourth-order valence-corrected chi connectivity index (χ4v) is 2.32. The van der Waals surface area contributed by atoms with Gasteiger partial charge in [0.05, 0.1) is 13.2 Å². The molecule has 0 saturated carbocycles. The van der Waals surface area contributed by atoms with E-state index < -0.39 is 0 Å². The van der Waals surface area contributed by atoms with Gasteiger partial charge in [-0.05, 0) is 38.2 Å². The molecule has 0 radical (unpaired) electrons. The third-order valence-electron chi connectivity index (χ3n) is 3.79. The van der Waals surface area contributed by atoms with E-state index in [1.165, 1.54) is 0 Å². The van der Waals surface area contributed by atoms with E-state index in [9.17, 15) is 9.59 Å². The van der Waals surface area contributed by atoms with E-state index in [1.54, 1.807) is 7.11 Å². The minimum Gasteiger partial charge on any atom is -0.497 e. The lowest BCUT2D eigenvalue weighted by Crippen LogP contribution is -2.41. The number of hydrogen-bond acceptors (Lipinski definition) is 4. The van der Waals surface area contributed by atoms with Gasteiger partial charge < -0.3 is 25.6 Å². The van der Waals surface area contributed by atoms with E-state index >= 15 is 0 Å². The second-order valence-electron chi connectivity index (χ2n) is 5.99. The first-order valence-corrected chi connectivity index (χ1v) is 8.56. The maximum Gasteiger partial charge on any atom is 0.314 e. The van der Waals surface area contributed by atoms with Crippen molar-refractivity contribution in [2.45, 2.75) is 25.8 Å². The van der Waals surface area contributed by atoms with Crippen molar-refractivity contribution in [1.82, 2.24) is 20.9 Å². The van der Waals surface area contributed by atoms with Crippen LogP contribution in [0.2, 0.25) is 0 Å². The Labute approximate surface area is 150 Å². The molecule has 25 heavy (non-hydrogen) atoms. The highest BCUT2D eigenvalue weighted by Gasteiger charge is 2.15. The molecule has 140 valence electrons. The summed E-state index contributed by atoms with van der Waals surface area (Å²) in [5.74, 6) is 0.750. The van der Waals surface area contributed by atoms with Crippen LogP contribution in [0.3, 0.4) is 0 Å². The number of carbonyl (C=O) groups is 2. The molecule has 0 spiro atoms. The second-order valence-corrected chi connectivity index (χ2v) is 5.99. The largest absolute Gasteiger partial charge is 0.497 e. The van der Waals surface area contributed by atoms with Crippen LogP contribution in [0.25, 0.3) is 0 Å². The lowest BCUT2D eigenvalue weighted by atomic mass is 10.1. The van der Waals surface area contributed by atoms with E-state index in [-0.39, 0.29) is 24.4 Å². The molecule has 1 atom stereocenters. The number of benzene rings is 1. The van der Waals surface area contributed by atoms with E-state index in [1.807, 2.05) is 50.2 Å². The average molecular weight is 350 g/mol. The fourth-order valence-electron chi connectivity index (χ4n) is 2.32. The number of ether oxygens (including phenoxy) is 1. The highest BCUT2D eigenvalue weighted by molar-refractivity contribution is 5.78. The summed E-state index contributed by atoms with van der Waals surface area (Å²) in [6.07, 6.45) is 1.18. The summed E-state index contributed by atoms with van der Waals surface area (Å²) >= 11 is 0. The molecule has 1 aromatic rings. The van der Waals surface area contributed by atoms with Crippen LogP contribution in [-0.4, -0.2) is 57.7 Å². The van der Waals surface area contributed by atoms with Gasteiger partial charge in [0.15, 0.2) is 0 Å². The Bertz CT molecular complexity index is 532.